The second kappa shape index (κ2) is 7.31. The summed E-state index contributed by atoms with van der Waals surface area (Å²) in [7, 11) is 1.63. The number of aromatic nitrogens is 3. The van der Waals surface area contributed by atoms with Crippen molar-refractivity contribution in [3.63, 3.8) is 0 Å². The highest BCUT2D eigenvalue weighted by Crippen LogP contribution is 2.26. The van der Waals surface area contributed by atoms with E-state index in [2.05, 4.69) is 21.9 Å². The third kappa shape index (κ3) is 3.44. The van der Waals surface area contributed by atoms with E-state index in [1.807, 2.05) is 17.1 Å². The van der Waals surface area contributed by atoms with Crippen LogP contribution < -0.4 is 0 Å². The van der Waals surface area contributed by atoms with Crippen LogP contribution in [0.15, 0.2) is 16.7 Å². The molecule has 0 N–H and O–H groups in total. The summed E-state index contributed by atoms with van der Waals surface area (Å²) in [5, 5.41) is 20.4. The van der Waals surface area contributed by atoms with E-state index in [4.69, 9.17) is 5.10 Å². The zero-order valence-corrected chi connectivity index (χ0v) is 15.1. The average Bonchev–Trinajstić information content (AvgIpc) is 3.20. The van der Waals surface area contributed by atoms with Crippen LogP contribution >= 0.6 is 23.1 Å². The molecule has 10 heteroatoms. The average molecular weight is 366 g/mol. The summed E-state index contributed by atoms with van der Waals surface area (Å²) >= 11 is 3.37. The van der Waals surface area contributed by atoms with Gasteiger partial charge in [0.2, 0.25) is 0 Å². The zero-order chi connectivity index (χ0) is 17.1. The van der Waals surface area contributed by atoms with Crippen LogP contribution in [0.5, 0.6) is 0 Å². The number of thiazole rings is 1. The molecule has 2 aromatic heterocycles. The Hall–Kier alpha value is -1.94. The zero-order valence-electron chi connectivity index (χ0n) is 13.5. The van der Waals surface area contributed by atoms with Gasteiger partial charge in [-0.15, -0.1) is 11.3 Å². The third-order valence-electron chi connectivity index (χ3n) is 3.73. The Labute approximate surface area is 147 Å². The third-order valence-corrected chi connectivity index (χ3v) is 5.51. The van der Waals surface area contributed by atoms with E-state index in [-0.39, 0.29) is 5.82 Å². The summed E-state index contributed by atoms with van der Waals surface area (Å²) in [6, 6.07) is 0. The minimum absolute atomic E-state index is 0.0445. The predicted octanol–water partition coefficient (Wildman–Crippen LogP) is 2.61. The number of imidazole rings is 1. The molecule has 24 heavy (non-hydrogen) atoms. The summed E-state index contributed by atoms with van der Waals surface area (Å²) in [4.78, 5) is 19.2. The Kier molecular flexibility index (Phi) is 5.14. The van der Waals surface area contributed by atoms with Crippen LogP contribution in [0, 0.1) is 10.1 Å². The fraction of sp³-hybridized carbons (Fsp3) is 0.500. The second-order valence-corrected chi connectivity index (χ2v) is 7.34. The number of hydrogen-bond acceptors (Lipinski definition) is 8. The van der Waals surface area contributed by atoms with Crippen molar-refractivity contribution in [2.45, 2.75) is 13.3 Å². The highest BCUT2D eigenvalue weighted by molar-refractivity contribution is 7.99. The maximum absolute atomic E-state index is 10.9. The first-order valence-corrected chi connectivity index (χ1v) is 9.66. The summed E-state index contributed by atoms with van der Waals surface area (Å²) in [6.07, 6.45) is 2.05. The molecule has 0 saturated carbocycles. The van der Waals surface area contributed by atoms with Crippen molar-refractivity contribution in [2.24, 2.45) is 12.1 Å². The fourth-order valence-electron chi connectivity index (χ4n) is 2.41. The molecule has 1 saturated heterocycles. The van der Waals surface area contributed by atoms with E-state index in [9.17, 15) is 10.1 Å². The number of hydrogen-bond donors (Lipinski definition) is 0. The van der Waals surface area contributed by atoms with Gasteiger partial charge in [-0.25, -0.2) is 14.5 Å². The summed E-state index contributed by atoms with van der Waals surface area (Å²) in [6.45, 7) is 3.97. The van der Waals surface area contributed by atoms with Crippen LogP contribution in [-0.4, -0.2) is 54.8 Å². The molecule has 0 bridgehead atoms. The molecule has 3 heterocycles. The first-order chi connectivity index (χ1) is 11.6. The Morgan fingerprint density at radius 2 is 2.21 bits per heavy atom. The monoisotopic (exact) mass is 366 g/mol. The van der Waals surface area contributed by atoms with Gasteiger partial charge >= 0.3 is 5.82 Å². The summed E-state index contributed by atoms with van der Waals surface area (Å²) in [5.74, 6) is 2.65. The largest absolute Gasteiger partial charge is 0.358 e. The molecule has 0 aromatic carbocycles. The molecule has 3 rings (SSSR count). The smallest absolute Gasteiger partial charge is 0.342 e. The van der Waals surface area contributed by atoms with Crippen molar-refractivity contribution in [1.29, 1.82) is 0 Å². The minimum atomic E-state index is -0.446. The quantitative estimate of drug-likeness (QED) is 0.459. The molecule has 2 aromatic rings. The van der Waals surface area contributed by atoms with Gasteiger partial charge in [0.1, 0.15) is 6.20 Å². The number of hydrazone groups is 1. The van der Waals surface area contributed by atoms with E-state index < -0.39 is 4.92 Å². The first-order valence-electron chi connectivity index (χ1n) is 7.62. The van der Waals surface area contributed by atoms with E-state index in [1.165, 1.54) is 22.1 Å². The lowest BCUT2D eigenvalue weighted by Crippen LogP contribution is -2.29. The molecular formula is C14H18N6O2S2. The predicted molar refractivity (Wildman–Crippen MR) is 96.7 cm³/mol. The maximum Gasteiger partial charge on any atom is 0.342 e. The van der Waals surface area contributed by atoms with Gasteiger partial charge in [0.05, 0.1) is 18.5 Å². The molecule has 1 aliphatic heterocycles. The molecule has 0 unspecified atom stereocenters. The number of rotatable bonds is 5. The summed E-state index contributed by atoms with van der Waals surface area (Å²) < 4.78 is 1.45. The standard InChI is InChI=1S/C14H18N6O2S2/c1-3-10(17-19-4-6-23-7-5-19)11-9-24-14(16-11)13-15-8-12(18(13)2)20(21)22/h8-9H,3-7H2,1-2H3/b17-10+. The van der Waals surface area contributed by atoms with Crippen LogP contribution in [-0.2, 0) is 7.05 Å². The van der Waals surface area contributed by atoms with Crippen molar-refractivity contribution in [3.05, 3.63) is 27.4 Å². The van der Waals surface area contributed by atoms with E-state index in [0.29, 0.717) is 10.8 Å². The Bertz CT molecular complexity index is 763. The lowest BCUT2D eigenvalue weighted by Gasteiger charge is -2.24. The molecule has 128 valence electrons. The number of nitrogens with zero attached hydrogens (tertiary/aromatic N) is 6. The molecule has 8 nitrogen and oxygen atoms in total. The van der Waals surface area contributed by atoms with Crippen LogP contribution in [0.2, 0.25) is 0 Å². The van der Waals surface area contributed by atoms with Gasteiger partial charge in [-0.1, -0.05) is 6.92 Å². The van der Waals surface area contributed by atoms with Crippen LogP contribution in [0.25, 0.3) is 10.8 Å². The van der Waals surface area contributed by atoms with Gasteiger partial charge in [-0.05, 0) is 11.3 Å². The van der Waals surface area contributed by atoms with Crippen LogP contribution in [0.4, 0.5) is 5.82 Å². The normalized spacial score (nSPS) is 15.8. The topological polar surface area (TPSA) is 89.5 Å². The van der Waals surface area contributed by atoms with E-state index in [1.54, 1.807) is 7.05 Å². The summed E-state index contributed by atoms with van der Waals surface area (Å²) in [5.41, 5.74) is 1.76. The number of nitro groups is 1. The lowest BCUT2D eigenvalue weighted by atomic mass is 10.2. The fourth-order valence-corrected chi connectivity index (χ4v) is 4.15. The molecule has 0 atom stereocenters. The van der Waals surface area contributed by atoms with Crippen LogP contribution in [0.3, 0.4) is 0 Å². The van der Waals surface area contributed by atoms with Gasteiger partial charge in [-0.3, -0.25) is 5.01 Å². The van der Waals surface area contributed by atoms with Crippen molar-refractivity contribution in [3.8, 4) is 10.8 Å². The first kappa shape index (κ1) is 16.9. The molecule has 1 aliphatic rings. The van der Waals surface area contributed by atoms with Crippen molar-refractivity contribution >= 4 is 34.6 Å². The number of thioether (sulfide) groups is 1. The van der Waals surface area contributed by atoms with Crippen LogP contribution in [0.1, 0.15) is 19.0 Å². The maximum atomic E-state index is 10.9. The minimum Gasteiger partial charge on any atom is -0.358 e. The lowest BCUT2D eigenvalue weighted by molar-refractivity contribution is -0.391. The SMILES string of the molecule is CC/C(=N\N1CCSCC1)c1csc(-c2ncc([N+](=O)[O-])n2C)n1. The van der Waals surface area contributed by atoms with Gasteiger partial charge < -0.3 is 10.1 Å². The molecule has 0 amide bonds. The molecule has 0 radical (unpaired) electrons. The molecular weight excluding hydrogens is 348 g/mol. The van der Waals surface area contributed by atoms with Gasteiger partial charge in [-0.2, -0.15) is 16.9 Å². The molecule has 1 fully saturated rings. The second-order valence-electron chi connectivity index (χ2n) is 5.26. The molecule has 0 aliphatic carbocycles. The van der Waals surface area contributed by atoms with Crippen molar-refractivity contribution in [2.75, 3.05) is 24.6 Å². The Balaban J connectivity index is 1.86. The van der Waals surface area contributed by atoms with Gasteiger partial charge in [0, 0.05) is 30.0 Å². The van der Waals surface area contributed by atoms with Crippen molar-refractivity contribution in [1.82, 2.24) is 19.5 Å². The van der Waals surface area contributed by atoms with E-state index in [0.717, 1.165) is 42.4 Å². The Morgan fingerprint density at radius 3 is 2.83 bits per heavy atom. The Morgan fingerprint density at radius 1 is 1.46 bits per heavy atom. The van der Waals surface area contributed by atoms with Gasteiger partial charge in [0.25, 0.3) is 5.82 Å². The van der Waals surface area contributed by atoms with E-state index >= 15 is 0 Å². The highest BCUT2D eigenvalue weighted by atomic mass is 32.2. The van der Waals surface area contributed by atoms with Gasteiger partial charge in [0.15, 0.2) is 5.01 Å². The molecule has 0 spiro atoms. The van der Waals surface area contributed by atoms with Crippen molar-refractivity contribution < 1.29 is 4.92 Å². The highest BCUT2D eigenvalue weighted by Gasteiger charge is 2.21.